The predicted molar refractivity (Wildman–Crippen MR) is 116 cm³/mol. The third-order valence-corrected chi connectivity index (χ3v) is 5.10. The van der Waals surface area contributed by atoms with Gasteiger partial charge < -0.3 is 15.5 Å². The maximum absolute atomic E-state index is 4.40. The number of hydrogen-bond acceptors (Lipinski definition) is 3. The number of halogens is 1. The molecule has 1 aliphatic rings. The highest BCUT2D eigenvalue weighted by molar-refractivity contribution is 14.0. The van der Waals surface area contributed by atoms with Crippen molar-refractivity contribution in [1.29, 1.82) is 0 Å². The number of aliphatic imine (C=N–C) groups is 1. The summed E-state index contributed by atoms with van der Waals surface area (Å²) in [5, 5.41) is 11.4. The van der Waals surface area contributed by atoms with Crippen LogP contribution in [-0.2, 0) is 7.05 Å². The molecular formula is C18H35IN6. The molecule has 7 heteroatoms. The second-order valence-corrected chi connectivity index (χ2v) is 7.96. The highest BCUT2D eigenvalue weighted by Gasteiger charge is 2.27. The van der Waals surface area contributed by atoms with Crippen molar-refractivity contribution in [3.63, 3.8) is 0 Å². The van der Waals surface area contributed by atoms with Crippen molar-refractivity contribution >= 4 is 29.9 Å². The lowest BCUT2D eigenvalue weighted by atomic mass is 9.75. The molecule has 1 aromatic rings. The number of likely N-dealkylation sites (N-methyl/N-ethyl adjacent to an activating group) is 1. The Bertz CT molecular complexity index is 542. The largest absolute Gasteiger partial charge is 0.354 e. The smallest absolute Gasteiger partial charge is 0.191 e. The van der Waals surface area contributed by atoms with Gasteiger partial charge in [-0.25, -0.2) is 0 Å². The van der Waals surface area contributed by atoms with E-state index in [-0.39, 0.29) is 30.0 Å². The summed E-state index contributed by atoms with van der Waals surface area (Å²) < 4.78 is 1.85. The van der Waals surface area contributed by atoms with Crippen molar-refractivity contribution in [2.45, 2.75) is 51.6 Å². The topological polar surface area (TPSA) is 57.5 Å². The summed E-state index contributed by atoms with van der Waals surface area (Å²) in [4.78, 5) is 6.61. The van der Waals surface area contributed by atoms with Gasteiger partial charge in [-0.05, 0) is 45.2 Å². The molecule has 0 aliphatic heterocycles. The quantitative estimate of drug-likeness (QED) is 0.402. The van der Waals surface area contributed by atoms with Crippen molar-refractivity contribution in [1.82, 2.24) is 25.3 Å². The average molecular weight is 462 g/mol. The fraction of sp³-hybridized carbons (Fsp3) is 0.778. The van der Waals surface area contributed by atoms with Gasteiger partial charge in [0, 0.05) is 38.4 Å². The average Bonchev–Trinajstić information content (AvgIpc) is 2.94. The molecule has 1 heterocycles. The number of aryl methyl sites for hydroxylation is 1. The van der Waals surface area contributed by atoms with E-state index in [1.54, 1.807) is 0 Å². The van der Waals surface area contributed by atoms with E-state index in [9.17, 15) is 0 Å². The summed E-state index contributed by atoms with van der Waals surface area (Å²) in [6, 6.07) is 0.794. The maximum Gasteiger partial charge on any atom is 0.191 e. The molecule has 6 nitrogen and oxygen atoms in total. The van der Waals surface area contributed by atoms with Gasteiger partial charge in [-0.1, -0.05) is 13.8 Å². The molecule has 1 aromatic heterocycles. The van der Waals surface area contributed by atoms with Crippen molar-refractivity contribution in [2.24, 2.45) is 17.5 Å². The summed E-state index contributed by atoms with van der Waals surface area (Å²) in [5.41, 5.74) is 1.70. The van der Waals surface area contributed by atoms with Crippen molar-refractivity contribution in [3.8, 4) is 0 Å². The van der Waals surface area contributed by atoms with Crippen LogP contribution < -0.4 is 10.6 Å². The van der Waals surface area contributed by atoms with Crippen LogP contribution in [0.2, 0.25) is 0 Å². The molecule has 2 N–H and O–H groups in total. The third-order valence-electron chi connectivity index (χ3n) is 5.10. The van der Waals surface area contributed by atoms with Gasteiger partial charge in [0.2, 0.25) is 0 Å². The van der Waals surface area contributed by atoms with Gasteiger partial charge in [0.05, 0.1) is 12.2 Å². The van der Waals surface area contributed by atoms with E-state index in [2.05, 4.69) is 59.8 Å². The number of guanidine groups is 1. The molecule has 0 saturated heterocycles. The van der Waals surface area contributed by atoms with Crippen LogP contribution in [0.5, 0.6) is 0 Å². The molecule has 0 aromatic carbocycles. The van der Waals surface area contributed by atoms with E-state index < -0.39 is 0 Å². The first-order chi connectivity index (χ1) is 11.3. The van der Waals surface area contributed by atoms with Gasteiger partial charge in [0.25, 0.3) is 0 Å². The van der Waals surface area contributed by atoms with Gasteiger partial charge in [0.15, 0.2) is 5.96 Å². The Morgan fingerprint density at radius 1 is 1.40 bits per heavy atom. The van der Waals surface area contributed by atoms with E-state index in [0.717, 1.165) is 12.5 Å². The second-order valence-electron chi connectivity index (χ2n) is 7.96. The molecule has 1 aliphatic carbocycles. The molecular weight excluding hydrogens is 427 g/mol. The number of rotatable bonds is 5. The molecule has 1 unspecified atom stereocenters. The van der Waals surface area contributed by atoms with E-state index in [0.29, 0.717) is 11.5 Å². The van der Waals surface area contributed by atoms with E-state index in [1.807, 2.05) is 25.0 Å². The predicted octanol–water partition coefficient (Wildman–Crippen LogP) is 2.77. The minimum atomic E-state index is 0. The van der Waals surface area contributed by atoms with Crippen molar-refractivity contribution in [3.05, 3.63) is 18.0 Å². The molecule has 1 saturated carbocycles. The molecule has 1 atom stereocenters. The first-order valence-corrected chi connectivity index (χ1v) is 8.93. The Balaban J connectivity index is 0.00000312. The Kier molecular flexibility index (Phi) is 8.67. The highest BCUT2D eigenvalue weighted by atomic mass is 127. The first kappa shape index (κ1) is 22.2. The second kappa shape index (κ2) is 9.75. The Morgan fingerprint density at radius 3 is 2.52 bits per heavy atom. The maximum atomic E-state index is 4.40. The van der Waals surface area contributed by atoms with Gasteiger partial charge >= 0.3 is 0 Å². The lowest BCUT2D eigenvalue weighted by Gasteiger charge is -2.35. The van der Waals surface area contributed by atoms with Crippen LogP contribution in [0.4, 0.5) is 0 Å². The molecule has 2 rings (SSSR count). The van der Waals surface area contributed by atoms with E-state index in [4.69, 9.17) is 0 Å². The van der Waals surface area contributed by atoms with Gasteiger partial charge in [0.1, 0.15) is 0 Å². The Morgan fingerprint density at radius 2 is 2.04 bits per heavy atom. The molecule has 0 amide bonds. The van der Waals surface area contributed by atoms with Crippen molar-refractivity contribution < 1.29 is 0 Å². The Hall–Kier alpha value is -0.830. The molecule has 0 spiro atoms. The number of nitrogens with one attached hydrogen (secondary N) is 2. The van der Waals surface area contributed by atoms with Crippen LogP contribution in [0.1, 0.15) is 51.1 Å². The van der Waals surface area contributed by atoms with Crippen LogP contribution in [-0.4, -0.2) is 54.4 Å². The summed E-state index contributed by atoms with van der Waals surface area (Å²) in [5.74, 6) is 0.899. The number of hydrogen-bond donors (Lipinski definition) is 2. The normalized spacial score (nSPS) is 19.4. The molecule has 25 heavy (non-hydrogen) atoms. The standard InChI is InChI=1S/C18H34N6.HI/c1-18(2)9-7-15(8-10-18)22-17(19-3)20-12-16(23(4)5)14-11-21-24(6)13-14;/h11,13,15-16H,7-10,12H2,1-6H3,(H2,19,20,22);1H. The summed E-state index contributed by atoms with van der Waals surface area (Å²) in [6.45, 7) is 5.54. The fourth-order valence-electron chi connectivity index (χ4n) is 3.34. The summed E-state index contributed by atoms with van der Waals surface area (Å²) in [6.07, 6.45) is 8.99. The minimum absolute atomic E-state index is 0. The highest BCUT2D eigenvalue weighted by Crippen LogP contribution is 2.34. The lowest BCUT2D eigenvalue weighted by molar-refractivity contribution is 0.216. The SMILES string of the molecule is CN=C(NCC(c1cnn(C)c1)N(C)C)NC1CCC(C)(C)CC1.I. The first-order valence-electron chi connectivity index (χ1n) is 8.93. The number of nitrogens with zero attached hydrogens (tertiary/aromatic N) is 4. The van der Waals surface area contributed by atoms with Crippen LogP contribution in [0, 0.1) is 5.41 Å². The minimum Gasteiger partial charge on any atom is -0.354 e. The molecule has 0 radical (unpaired) electrons. The van der Waals surface area contributed by atoms with Gasteiger partial charge in [-0.15, -0.1) is 24.0 Å². The fourth-order valence-corrected chi connectivity index (χ4v) is 3.34. The Labute approximate surface area is 169 Å². The van der Waals surface area contributed by atoms with Crippen molar-refractivity contribution in [2.75, 3.05) is 27.7 Å². The summed E-state index contributed by atoms with van der Waals surface area (Å²) >= 11 is 0. The molecule has 144 valence electrons. The van der Waals surface area contributed by atoms with Gasteiger partial charge in [-0.3, -0.25) is 9.67 Å². The monoisotopic (exact) mass is 462 g/mol. The molecule has 1 fully saturated rings. The summed E-state index contributed by atoms with van der Waals surface area (Å²) in [7, 11) is 7.99. The van der Waals surface area contributed by atoms with Gasteiger partial charge in [-0.2, -0.15) is 5.10 Å². The third kappa shape index (κ3) is 6.77. The van der Waals surface area contributed by atoms with Crippen LogP contribution in [0.3, 0.4) is 0 Å². The van der Waals surface area contributed by atoms with E-state index in [1.165, 1.54) is 31.2 Å². The number of aromatic nitrogens is 2. The molecule has 0 bridgehead atoms. The van der Waals surface area contributed by atoms with Crippen LogP contribution in [0.15, 0.2) is 17.4 Å². The van der Waals surface area contributed by atoms with Crippen LogP contribution >= 0.6 is 24.0 Å². The van der Waals surface area contributed by atoms with E-state index >= 15 is 0 Å². The zero-order chi connectivity index (χ0) is 17.7. The zero-order valence-corrected chi connectivity index (χ0v) is 18.9. The zero-order valence-electron chi connectivity index (χ0n) is 16.5. The van der Waals surface area contributed by atoms with Crippen LogP contribution in [0.25, 0.3) is 0 Å². The lowest BCUT2D eigenvalue weighted by Crippen LogP contribution is -2.47.